The van der Waals surface area contributed by atoms with Gasteiger partial charge in [0.1, 0.15) is 0 Å². The summed E-state index contributed by atoms with van der Waals surface area (Å²) in [5, 5.41) is 0. The number of nitrogens with zero attached hydrogens (tertiary/aromatic N) is 1. The van der Waals surface area contributed by atoms with E-state index in [1.165, 1.54) is 38.8 Å². The van der Waals surface area contributed by atoms with E-state index in [1.807, 2.05) is 0 Å². The first-order valence-electron chi connectivity index (χ1n) is 7.00. The van der Waals surface area contributed by atoms with Gasteiger partial charge >= 0.3 is 8.80 Å². The fraction of sp³-hybridized carbons (Fsp3) is 1.00. The Morgan fingerprint density at radius 2 is 1.78 bits per heavy atom. The maximum absolute atomic E-state index is 5.43. The first-order chi connectivity index (χ1) is 8.65. The molecular formula is C13H29NO3Si. The topological polar surface area (TPSA) is 30.9 Å². The lowest BCUT2D eigenvalue weighted by molar-refractivity contribution is 0.122. The van der Waals surface area contributed by atoms with Crippen LogP contribution in [-0.2, 0) is 13.3 Å². The van der Waals surface area contributed by atoms with Crippen molar-refractivity contribution >= 4 is 8.80 Å². The summed E-state index contributed by atoms with van der Waals surface area (Å²) in [5.74, 6) is 0.882. The van der Waals surface area contributed by atoms with Crippen molar-refractivity contribution in [2.75, 3.05) is 41.5 Å². The van der Waals surface area contributed by atoms with Gasteiger partial charge in [0, 0.05) is 33.9 Å². The average Bonchev–Trinajstić information content (AvgIpc) is 2.40. The molecule has 0 bridgehead atoms. The second kappa shape index (κ2) is 8.27. The van der Waals surface area contributed by atoms with Crippen LogP contribution in [0.4, 0.5) is 0 Å². The van der Waals surface area contributed by atoms with Crippen molar-refractivity contribution in [3.63, 3.8) is 0 Å². The van der Waals surface area contributed by atoms with Crippen molar-refractivity contribution in [2.24, 2.45) is 5.92 Å². The molecule has 0 aromatic heterocycles. The van der Waals surface area contributed by atoms with Gasteiger partial charge in [-0.2, -0.15) is 0 Å². The maximum Gasteiger partial charge on any atom is 0.500 e. The molecule has 0 aliphatic carbocycles. The Morgan fingerprint density at radius 3 is 2.33 bits per heavy atom. The van der Waals surface area contributed by atoms with Crippen LogP contribution in [0.25, 0.3) is 0 Å². The zero-order valence-electron chi connectivity index (χ0n) is 12.4. The first-order valence-corrected chi connectivity index (χ1v) is 8.93. The van der Waals surface area contributed by atoms with Gasteiger partial charge in [-0.15, -0.1) is 0 Å². The Kier molecular flexibility index (Phi) is 7.40. The first kappa shape index (κ1) is 16.1. The van der Waals surface area contributed by atoms with Gasteiger partial charge in [0.05, 0.1) is 0 Å². The Bertz CT molecular complexity index is 216. The van der Waals surface area contributed by atoms with Gasteiger partial charge in [0.2, 0.25) is 0 Å². The molecule has 0 amide bonds. The number of hydrogen-bond donors (Lipinski definition) is 0. The minimum Gasteiger partial charge on any atom is -0.377 e. The molecule has 1 aliphatic heterocycles. The SMILES string of the molecule is CO[Si](CCCCC1CCCN(C)C1)(OC)OC. The van der Waals surface area contributed by atoms with Crippen molar-refractivity contribution < 1.29 is 13.3 Å². The highest BCUT2D eigenvalue weighted by atomic mass is 28.4. The van der Waals surface area contributed by atoms with E-state index in [2.05, 4.69) is 11.9 Å². The van der Waals surface area contributed by atoms with E-state index in [0.717, 1.165) is 18.4 Å². The molecule has 4 nitrogen and oxygen atoms in total. The molecule has 1 fully saturated rings. The standard InChI is InChI=1S/C13H29NO3Si/c1-14-10-7-9-13(12-14)8-5-6-11-18(15-2,16-3)17-4/h13H,5-12H2,1-4H3. The summed E-state index contributed by atoms with van der Waals surface area (Å²) in [4.78, 5) is 2.45. The lowest BCUT2D eigenvalue weighted by Crippen LogP contribution is -2.42. The number of likely N-dealkylation sites (tertiary alicyclic amines) is 1. The Balaban J connectivity index is 2.17. The predicted molar refractivity (Wildman–Crippen MR) is 75.7 cm³/mol. The van der Waals surface area contributed by atoms with E-state index in [0.29, 0.717) is 0 Å². The molecule has 1 saturated heterocycles. The second-order valence-electron chi connectivity index (χ2n) is 5.31. The molecule has 1 rings (SSSR count). The summed E-state index contributed by atoms with van der Waals surface area (Å²) in [6.45, 7) is 2.53. The molecule has 0 saturated carbocycles. The van der Waals surface area contributed by atoms with Crippen molar-refractivity contribution in [2.45, 2.75) is 38.1 Å². The Labute approximate surface area is 113 Å². The van der Waals surface area contributed by atoms with Crippen LogP contribution in [0.1, 0.15) is 32.1 Å². The molecule has 5 heteroatoms. The number of hydrogen-bond acceptors (Lipinski definition) is 4. The third-order valence-electron chi connectivity index (χ3n) is 4.00. The van der Waals surface area contributed by atoms with Crippen LogP contribution in [0.5, 0.6) is 0 Å². The van der Waals surface area contributed by atoms with Gasteiger partial charge in [-0.3, -0.25) is 0 Å². The Morgan fingerprint density at radius 1 is 1.11 bits per heavy atom. The minimum atomic E-state index is -2.33. The summed E-state index contributed by atoms with van der Waals surface area (Å²) in [5.41, 5.74) is 0. The van der Waals surface area contributed by atoms with E-state index >= 15 is 0 Å². The van der Waals surface area contributed by atoms with Crippen LogP contribution in [0.2, 0.25) is 6.04 Å². The van der Waals surface area contributed by atoms with Crippen molar-refractivity contribution in [3.05, 3.63) is 0 Å². The van der Waals surface area contributed by atoms with E-state index < -0.39 is 8.80 Å². The molecule has 1 heterocycles. The maximum atomic E-state index is 5.43. The number of rotatable bonds is 8. The van der Waals surface area contributed by atoms with E-state index in [1.54, 1.807) is 21.3 Å². The third-order valence-corrected chi connectivity index (χ3v) is 6.83. The minimum absolute atomic E-state index is 0.882. The third kappa shape index (κ3) is 4.97. The summed E-state index contributed by atoms with van der Waals surface area (Å²) in [7, 11) is 4.97. The van der Waals surface area contributed by atoms with Crippen LogP contribution in [0.15, 0.2) is 0 Å². The van der Waals surface area contributed by atoms with Gasteiger partial charge in [-0.25, -0.2) is 0 Å². The predicted octanol–water partition coefficient (Wildman–Crippen LogP) is 2.38. The monoisotopic (exact) mass is 275 g/mol. The zero-order chi connectivity index (χ0) is 13.4. The van der Waals surface area contributed by atoms with Crippen molar-refractivity contribution in [1.29, 1.82) is 0 Å². The summed E-state index contributed by atoms with van der Waals surface area (Å²) < 4.78 is 16.3. The highest BCUT2D eigenvalue weighted by Gasteiger charge is 2.36. The molecule has 0 aromatic carbocycles. The van der Waals surface area contributed by atoms with E-state index in [4.69, 9.17) is 13.3 Å². The van der Waals surface area contributed by atoms with Gasteiger partial charge < -0.3 is 18.2 Å². The molecule has 18 heavy (non-hydrogen) atoms. The van der Waals surface area contributed by atoms with Crippen LogP contribution >= 0.6 is 0 Å². The lowest BCUT2D eigenvalue weighted by Gasteiger charge is -2.30. The van der Waals surface area contributed by atoms with Crippen molar-refractivity contribution in [3.8, 4) is 0 Å². The largest absolute Gasteiger partial charge is 0.500 e. The Hall–Kier alpha value is 0.0569. The van der Waals surface area contributed by atoms with Gasteiger partial charge in [-0.1, -0.05) is 6.42 Å². The highest BCUT2D eigenvalue weighted by Crippen LogP contribution is 2.23. The number of piperidine rings is 1. The molecule has 1 unspecified atom stereocenters. The van der Waals surface area contributed by atoms with Crippen LogP contribution in [-0.4, -0.2) is 55.2 Å². The van der Waals surface area contributed by atoms with E-state index in [9.17, 15) is 0 Å². The van der Waals surface area contributed by atoms with Crippen molar-refractivity contribution in [1.82, 2.24) is 4.90 Å². The second-order valence-corrected chi connectivity index (χ2v) is 8.40. The average molecular weight is 275 g/mol. The summed E-state index contributed by atoms with van der Waals surface area (Å²) >= 11 is 0. The number of unbranched alkanes of at least 4 members (excludes halogenated alkanes) is 1. The molecule has 1 atom stereocenters. The molecule has 0 N–H and O–H groups in total. The lowest BCUT2D eigenvalue weighted by atomic mass is 9.93. The van der Waals surface area contributed by atoms with Crippen LogP contribution < -0.4 is 0 Å². The summed E-state index contributed by atoms with van der Waals surface area (Å²) in [6.07, 6.45) is 6.47. The zero-order valence-corrected chi connectivity index (χ0v) is 13.4. The van der Waals surface area contributed by atoms with Gasteiger partial charge in [-0.05, 0) is 45.2 Å². The normalized spacial score (nSPS) is 22.3. The molecular weight excluding hydrogens is 246 g/mol. The van der Waals surface area contributed by atoms with Crippen LogP contribution in [0.3, 0.4) is 0 Å². The summed E-state index contributed by atoms with van der Waals surface area (Å²) in [6, 6.07) is 0.930. The molecule has 1 aliphatic rings. The fourth-order valence-electron chi connectivity index (χ4n) is 2.84. The van der Waals surface area contributed by atoms with Gasteiger partial charge in [0.25, 0.3) is 0 Å². The van der Waals surface area contributed by atoms with Crippen LogP contribution in [0, 0.1) is 5.92 Å². The van der Waals surface area contributed by atoms with E-state index in [-0.39, 0.29) is 0 Å². The molecule has 0 spiro atoms. The quantitative estimate of drug-likeness (QED) is 0.503. The highest BCUT2D eigenvalue weighted by molar-refractivity contribution is 6.60. The molecule has 0 radical (unpaired) electrons. The van der Waals surface area contributed by atoms with Gasteiger partial charge in [0.15, 0.2) is 0 Å². The molecule has 108 valence electrons. The fourth-order valence-corrected chi connectivity index (χ4v) is 4.63. The smallest absolute Gasteiger partial charge is 0.377 e. The molecule has 0 aromatic rings.